The van der Waals surface area contributed by atoms with Crippen molar-refractivity contribution < 1.29 is 14.3 Å². The van der Waals surface area contributed by atoms with Crippen LogP contribution in [0, 0.1) is 6.92 Å². The molecule has 0 radical (unpaired) electrons. The second-order valence-corrected chi connectivity index (χ2v) is 4.63. The number of carbonyl (C=O) groups is 1. The van der Waals surface area contributed by atoms with Gasteiger partial charge in [0, 0.05) is 29.8 Å². The lowest BCUT2D eigenvalue weighted by Crippen LogP contribution is -2.20. The first-order valence-electron chi connectivity index (χ1n) is 6.60. The lowest BCUT2D eigenvalue weighted by atomic mass is 10.2. The third-order valence-corrected chi connectivity index (χ3v) is 3.07. The summed E-state index contributed by atoms with van der Waals surface area (Å²) in [5.41, 5.74) is 2.26. The van der Waals surface area contributed by atoms with Crippen LogP contribution in [0.1, 0.15) is 5.56 Å². The molecular weight excluding hydrogens is 270 g/mol. The number of pyridine rings is 1. The summed E-state index contributed by atoms with van der Waals surface area (Å²) in [5.74, 6) is 1.33. The zero-order valence-corrected chi connectivity index (χ0v) is 11.6. The molecule has 0 spiro atoms. The number of carbonyl (C=O) groups excluding carboxylic acids is 1. The highest BCUT2D eigenvalue weighted by atomic mass is 16.6. The van der Waals surface area contributed by atoms with Gasteiger partial charge in [-0.1, -0.05) is 0 Å². The van der Waals surface area contributed by atoms with Crippen molar-refractivity contribution in [1.29, 1.82) is 0 Å². The van der Waals surface area contributed by atoms with Gasteiger partial charge in [0.05, 0.1) is 0 Å². The van der Waals surface area contributed by atoms with E-state index in [2.05, 4.69) is 15.6 Å². The molecule has 0 saturated heterocycles. The molecule has 2 amide bonds. The normalized spacial score (nSPS) is 12.6. The number of urea groups is 1. The first kappa shape index (κ1) is 13.2. The van der Waals surface area contributed by atoms with Gasteiger partial charge in [-0.05, 0) is 30.7 Å². The third kappa shape index (κ3) is 3.05. The molecule has 2 heterocycles. The van der Waals surface area contributed by atoms with Crippen molar-refractivity contribution in [3.8, 4) is 11.5 Å². The number of hydrogen-bond acceptors (Lipinski definition) is 4. The van der Waals surface area contributed by atoms with E-state index in [9.17, 15) is 4.79 Å². The standard InChI is InChI=1S/C15H15N3O3/c1-10-9-16-5-4-12(10)18-15(19)17-11-2-3-13-14(8-11)21-7-6-20-13/h2-5,8-9H,6-7H2,1H3,(H2,16,17,18,19). The predicted molar refractivity (Wildman–Crippen MR) is 79.0 cm³/mol. The van der Waals surface area contributed by atoms with Gasteiger partial charge in [-0.15, -0.1) is 0 Å². The number of hydrogen-bond donors (Lipinski definition) is 2. The van der Waals surface area contributed by atoms with Crippen LogP contribution in [-0.4, -0.2) is 24.2 Å². The van der Waals surface area contributed by atoms with Crippen molar-refractivity contribution in [2.45, 2.75) is 6.92 Å². The molecule has 1 aliphatic rings. The largest absolute Gasteiger partial charge is 0.486 e. The number of amides is 2. The van der Waals surface area contributed by atoms with E-state index in [1.807, 2.05) is 6.92 Å². The van der Waals surface area contributed by atoms with Gasteiger partial charge in [-0.25, -0.2) is 4.79 Å². The van der Waals surface area contributed by atoms with Crippen molar-refractivity contribution in [2.75, 3.05) is 23.8 Å². The molecule has 0 bridgehead atoms. The Morgan fingerprint density at radius 2 is 1.95 bits per heavy atom. The highest BCUT2D eigenvalue weighted by Gasteiger charge is 2.13. The van der Waals surface area contributed by atoms with Crippen LogP contribution < -0.4 is 20.1 Å². The molecular formula is C15H15N3O3. The molecule has 2 aromatic rings. The van der Waals surface area contributed by atoms with E-state index in [4.69, 9.17) is 9.47 Å². The van der Waals surface area contributed by atoms with Crippen LogP contribution in [0.15, 0.2) is 36.7 Å². The number of benzene rings is 1. The van der Waals surface area contributed by atoms with E-state index in [-0.39, 0.29) is 6.03 Å². The minimum Gasteiger partial charge on any atom is -0.486 e. The van der Waals surface area contributed by atoms with Gasteiger partial charge in [-0.3, -0.25) is 4.98 Å². The number of aromatic nitrogens is 1. The maximum atomic E-state index is 12.0. The molecule has 0 unspecified atom stereocenters. The SMILES string of the molecule is Cc1cnccc1NC(=O)Nc1ccc2c(c1)OCCO2. The summed E-state index contributed by atoms with van der Waals surface area (Å²) in [6, 6.07) is 6.72. The first-order chi connectivity index (χ1) is 10.2. The first-order valence-corrected chi connectivity index (χ1v) is 6.60. The fourth-order valence-corrected chi connectivity index (χ4v) is 2.02. The molecule has 108 valence electrons. The minimum atomic E-state index is -0.319. The fraction of sp³-hybridized carbons (Fsp3) is 0.200. The summed E-state index contributed by atoms with van der Waals surface area (Å²) in [6.45, 7) is 2.94. The summed E-state index contributed by atoms with van der Waals surface area (Å²) in [4.78, 5) is 16.0. The lowest BCUT2D eigenvalue weighted by molar-refractivity contribution is 0.171. The van der Waals surface area contributed by atoms with E-state index in [1.54, 1.807) is 36.7 Å². The molecule has 0 fully saturated rings. The summed E-state index contributed by atoms with van der Waals surface area (Å²) in [7, 11) is 0. The molecule has 1 aromatic carbocycles. The number of ether oxygens (including phenoxy) is 2. The lowest BCUT2D eigenvalue weighted by Gasteiger charge is -2.19. The van der Waals surface area contributed by atoms with Gasteiger partial charge in [-0.2, -0.15) is 0 Å². The van der Waals surface area contributed by atoms with Crippen LogP contribution >= 0.6 is 0 Å². The highest BCUT2D eigenvalue weighted by molar-refractivity contribution is 6.00. The van der Waals surface area contributed by atoms with Gasteiger partial charge in [0.2, 0.25) is 0 Å². The Morgan fingerprint density at radius 3 is 2.76 bits per heavy atom. The van der Waals surface area contributed by atoms with E-state index in [1.165, 1.54) is 0 Å². The van der Waals surface area contributed by atoms with Crippen LogP contribution in [-0.2, 0) is 0 Å². The second kappa shape index (κ2) is 5.70. The van der Waals surface area contributed by atoms with E-state index in [0.717, 1.165) is 11.3 Å². The quantitative estimate of drug-likeness (QED) is 0.890. The number of fused-ring (bicyclic) bond motifs is 1. The molecule has 21 heavy (non-hydrogen) atoms. The summed E-state index contributed by atoms with van der Waals surface area (Å²) in [6.07, 6.45) is 3.33. The Morgan fingerprint density at radius 1 is 1.14 bits per heavy atom. The van der Waals surface area contributed by atoms with Crippen molar-refractivity contribution in [2.24, 2.45) is 0 Å². The monoisotopic (exact) mass is 285 g/mol. The van der Waals surface area contributed by atoms with E-state index < -0.39 is 0 Å². The van der Waals surface area contributed by atoms with Crippen LogP contribution in [0.5, 0.6) is 11.5 Å². The van der Waals surface area contributed by atoms with Crippen LogP contribution in [0.2, 0.25) is 0 Å². The number of anilines is 2. The molecule has 0 atom stereocenters. The van der Waals surface area contributed by atoms with Gasteiger partial charge in [0.1, 0.15) is 13.2 Å². The second-order valence-electron chi connectivity index (χ2n) is 4.63. The Hall–Kier alpha value is -2.76. The predicted octanol–water partition coefficient (Wildman–Crippen LogP) is 2.81. The van der Waals surface area contributed by atoms with Crippen molar-refractivity contribution in [1.82, 2.24) is 4.98 Å². The number of aryl methyl sites for hydroxylation is 1. The van der Waals surface area contributed by atoms with E-state index >= 15 is 0 Å². The van der Waals surface area contributed by atoms with Gasteiger partial charge in [0.25, 0.3) is 0 Å². The Kier molecular flexibility index (Phi) is 3.59. The maximum absolute atomic E-state index is 12.0. The zero-order chi connectivity index (χ0) is 14.7. The Balaban J connectivity index is 1.69. The Labute approximate surface area is 122 Å². The van der Waals surface area contributed by atoms with Crippen LogP contribution in [0.25, 0.3) is 0 Å². The zero-order valence-electron chi connectivity index (χ0n) is 11.6. The molecule has 6 nitrogen and oxygen atoms in total. The smallest absolute Gasteiger partial charge is 0.323 e. The molecule has 1 aliphatic heterocycles. The average Bonchev–Trinajstić information content (AvgIpc) is 2.49. The topological polar surface area (TPSA) is 72.5 Å². The third-order valence-electron chi connectivity index (χ3n) is 3.07. The van der Waals surface area contributed by atoms with E-state index in [0.29, 0.717) is 30.4 Å². The van der Waals surface area contributed by atoms with Gasteiger partial charge < -0.3 is 20.1 Å². The Bertz CT molecular complexity index is 673. The molecule has 6 heteroatoms. The van der Waals surface area contributed by atoms with Gasteiger partial charge >= 0.3 is 6.03 Å². The van der Waals surface area contributed by atoms with Crippen LogP contribution in [0.4, 0.5) is 16.2 Å². The number of nitrogens with one attached hydrogen (secondary N) is 2. The minimum absolute atomic E-state index is 0.319. The highest BCUT2D eigenvalue weighted by Crippen LogP contribution is 2.32. The van der Waals surface area contributed by atoms with Crippen molar-refractivity contribution >= 4 is 17.4 Å². The summed E-state index contributed by atoms with van der Waals surface area (Å²) >= 11 is 0. The maximum Gasteiger partial charge on any atom is 0.323 e. The van der Waals surface area contributed by atoms with Gasteiger partial charge in [0.15, 0.2) is 11.5 Å². The summed E-state index contributed by atoms with van der Waals surface area (Å²) < 4.78 is 10.9. The van der Waals surface area contributed by atoms with Crippen LogP contribution in [0.3, 0.4) is 0 Å². The summed E-state index contributed by atoms with van der Waals surface area (Å²) in [5, 5.41) is 5.54. The molecule has 0 saturated carbocycles. The number of rotatable bonds is 2. The molecule has 0 aliphatic carbocycles. The molecule has 3 rings (SSSR count). The number of nitrogens with zero attached hydrogens (tertiary/aromatic N) is 1. The van der Waals surface area contributed by atoms with Crippen molar-refractivity contribution in [3.63, 3.8) is 0 Å². The average molecular weight is 285 g/mol. The molecule has 2 N–H and O–H groups in total. The fourth-order valence-electron chi connectivity index (χ4n) is 2.02. The van der Waals surface area contributed by atoms with Crippen molar-refractivity contribution in [3.05, 3.63) is 42.2 Å². The molecule has 1 aromatic heterocycles.